The van der Waals surface area contributed by atoms with Crippen LogP contribution >= 0.6 is 15.9 Å². The zero-order valence-electron chi connectivity index (χ0n) is 10.2. The van der Waals surface area contributed by atoms with Gasteiger partial charge in [0.05, 0.1) is 10.5 Å². The maximum Gasteiger partial charge on any atom is 0.207 e. The lowest BCUT2D eigenvalue weighted by atomic mass is 10.1. The van der Waals surface area contributed by atoms with Gasteiger partial charge in [-0.15, -0.1) is 0 Å². The molecule has 96 valence electrons. The highest BCUT2D eigenvalue weighted by atomic mass is 79.9. The van der Waals surface area contributed by atoms with Gasteiger partial charge in [0.15, 0.2) is 0 Å². The Morgan fingerprint density at radius 2 is 2.06 bits per heavy atom. The normalized spacial score (nSPS) is 13.1. The quantitative estimate of drug-likeness (QED) is 0.362. The lowest BCUT2D eigenvalue weighted by molar-refractivity contribution is 0.384. The van der Waals surface area contributed by atoms with Crippen LogP contribution in [-0.4, -0.2) is 17.8 Å². The first kappa shape index (κ1) is 14.6. The minimum atomic E-state index is -0.526. The van der Waals surface area contributed by atoms with Crippen LogP contribution in [0.25, 0.3) is 0 Å². The van der Waals surface area contributed by atoms with E-state index in [9.17, 15) is 8.78 Å². The molecule has 0 aliphatic carbocycles. The summed E-state index contributed by atoms with van der Waals surface area (Å²) in [6, 6.07) is 1.80. The van der Waals surface area contributed by atoms with Gasteiger partial charge in [0.1, 0.15) is 17.5 Å². The summed E-state index contributed by atoms with van der Waals surface area (Å²) in [7, 11) is 1.67. The molecule has 0 saturated carbocycles. The molecule has 0 aromatic heterocycles. The first-order chi connectivity index (χ1) is 8.38. The van der Waals surface area contributed by atoms with E-state index >= 15 is 0 Å². The Labute approximate surface area is 113 Å². The molecule has 0 saturated heterocycles. The van der Waals surface area contributed by atoms with Gasteiger partial charge < -0.3 is 4.90 Å². The number of hydrogen-bond acceptors (Lipinski definition) is 2. The van der Waals surface area contributed by atoms with Gasteiger partial charge in [0.2, 0.25) is 6.19 Å². The Morgan fingerprint density at radius 3 is 2.61 bits per heavy atom. The maximum absolute atomic E-state index is 13.8. The van der Waals surface area contributed by atoms with Gasteiger partial charge in [-0.1, -0.05) is 0 Å². The Kier molecular flexibility index (Phi) is 4.79. The van der Waals surface area contributed by atoms with Crippen LogP contribution in [0.4, 0.5) is 8.78 Å². The van der Waals surface area contributed by atoms with E-state index in [1.165, 1.54) is 0 Å². The van der Waals surface area contributed by atoms with Crippen molar-refractivity contribution in [1.82, 2.24) is 4.90 Å². The van der Waals surface area contributed by atoms with Gasteiger partial charge in [-0.3, -0.25) is 0 Å². The summed E-state index contributed by atoms with van der Waals surface area (Å²) in [5, 5.41) is 8.47. The van der Waals surface area contributed by atoms with E-state index < -0.39 is 17.7 Å². The molecule has 0 amide bonds. The molecule has 1 aromatic carbocycles. The number of nitrogens with zero attached hydrogens (tertiary/aromatic N) is 3. The maximum atomic E-state index is 13.8. The predicted molar refractivity (Wildman–Crippen MR) is 69.0 cm³/mol. The van der Waals surface area contributed by atoms with Crippen LogP contribution in [0.5, 0.6) is 0 Å². The van der Waals surface area contributed by atoms with Crippen molar-refractivity contribution in [2.24, 2.45) is 4.99 Å². The Hall–Kier alpha value is -1.48. The minimum Gasteiger partial charge on any atom is -0.356 e. The molecule has 1 rings (SSSR count). The molecule has 6 heteroatoms. The molecule has 1 atom stereocenters. The van der Waals surface area contributed by atoms with Gasteiger partial charge in [-0.2, -0.15) is 10.3 Å². The monoisotopic (exact) mass is 315 g/mol. The summed E-state index contributed by atoms with van der Waals surface area (Å²) in [6.07, 6.45) is 1.66. The van der Waals surface area contributed by atoms with Gasteiger partial charge in [0.25, 0.3) is 0 Å². The van der Waals surface area contributed by atoms with Crippen molar-refractivity contribution in [3.8, 4) is 6.19 Å². The van der Waals surface area contributed by atoms with Crippen LogP contribution in [0.1, 0.15) is 25.5 Å². The van der Waals surface area contributed by atoms with Crippen molar-refractivity contribution in [3.05, 3.63) is 33.8 Å². The highest BCUT2D eigenvalue weighted by Crippen LogP contribution is 2.27. The largest absolute Gasteiger partial charge is 0.356 e. The zero-order valence-corrected chi connectivity index (χ0v) is 11.8. The van der Waals surface area contributed by atoms with Crippen molar-refractivity contribution in [2.75, 3.05) is 7.05 Å². The summed E-state index contributed by atoms with van der Waals surface area (Å²) in [5.74, 6) is -0.596. The van der Waals surface area contributed by atoms with Crippen molar-refractivity contribution in [2.45, 2.75) is 19.9 Å². The first-order valence-electron chi connectivity index (χ1n) is 5.19. The van der Waals surface area contributed by atoms with Crippen LogP contribution < -0.4 is 0 Å². The molecule has 0 spiro atoms. The smallest absolute Gasteiger partial charge is 0.207 e. The summed E-state index contributed by atoms with van der Waals surface area (Å²) in [4.78, 5) is 5.17. The van der Waals surface area contributed by atoms with Gasteiger partial charge in [0, 0.05) is 12.6 Å². The van der Waals surface area contributed by atoms with Crippen molar-refractivity contribution in [3.63, 3.8) is 0 Å². The third-order valence-corrected chi connectivity index (χ3v) is 3.40. The van der Waals surface area contributed by atoms with Gasteiger partial charge in [-0.25, -0.2) is 8.78 Å². The fourth-order valence-corrected chi connectivity index (χ4v) is 1.81. The molecule has 0 radical (unpaired) electrons. The van der Waals surface area contributed by atoms with Crippen molar-refractivity contribution < 1.29 is 8.78 Å². The van der Waals surface area contributed by atoms with Crippen LogP contribution in [0.2, 0.25) is 0 Å². The van der Waals surface area contributed by atoms with Gasteiger partial charge >= 0.3 is 0 Å². The third-order valence-electron chi connectivity index (χ3n) is 2.79. The number of hydrogen-bond donors (Lipinski definition) is 0. The summed E-state index contributed by atoms with van der Waals surface area (Å²) in [5.41, 5.74) is 0.214. The van der Waals surface area contributed by atoms with E-state index in [1.54, 1.807) is 32.0 Å². The molecule has 18 heavy (non-hydrogen) atoms. The number of benzene rings is 1. The highest BCUT2D eigenvalue weighted by molar-refractivity contribution is 9.10. The van der Waals surface area contributed by atoms with E-state index in [0.29, 0.717) is 5.84 Å². The fraction of sp³-hybridized carbons (Fsp3) is 0.333. The molecule has 0 N–H and O–H groups in total. The van der Waals surface area contributed by atoms with E-state index in [1.807, 2.05) is 0 Å². The molecular weight excluding hydrogens is 304 g/mol. The Balaban J connectivity index is 3.12. The van der Waals surface area contributed by atoms with E-state index in [-0.39, 0.29) is 10.0 Å². The fourth-order valence-electron chi connectivity index (χ4n) is 1.50. The molecule has 3 nitrogen and oxygen atoms in total. The summed E-state index contributed by atoms with van der Waals surface area (Å²) in [6.45, 7) is 3.34. The van der Waals surface area contributed by atoms with Gasteiger partial charge in [-0.05, 0) is 41.9 Å². The number of nitriles is 1. The molecule has 0 bridgehead atoms. The second kappa shape index (κ2) is 5.91. The second-order valence-corrected chi connectivity index (χ2v) is 4.69. The lowest BCUT2D eigenvalue weighted by Crippen LogP contribution is -2.28. The van der Waals surface area contributed by atoms with Crippen molar-refractivity contribution >= 4 is 21.8 Å². The van der Waals surface area contributed by atoms with Crippen LogP contribution in [0.15, 0.2) is 21.6 Å². The number of rotatable bonds is 2. The summed E-state index contributed by atoms with van der Waals surface area (Å²) < 4.78 is 27.3. The minimum absolute atomic E-state index is 0.0843. The predicted octanol–water partition coefficient (Wildman–Crippen LogP) is 3.62. The van der Waals surface area contributed by atoms with Crippen LogP contribution in [-0.2, 0) is 0 Å². The first-order valence-corrected chi connectivity index (χ1v) is 5.98. The second-order valence-electron chi connectivity index (χ2n) is 3.83. The van der Waals surface area contributed by atoms with E-state index in [4.69, 9.17) is 5.26 Å². The zero-order chi connectivity index (χ0) is 13.9. The highest BCUT2D eigenvalue weighted by Gasteiger charge is 2.19. The topological polar surface area (TPSA) is 39.4 Å². The Morgan fingerprint density at radius 1 is 1.44 bits per heavy atom. The lowest BCUT2D eigenvalue weighted by Gasteiger charge is -2.26. The third kappa shape index (κ3) is 3.05. The van der Waals surface area contributed by atoms with E-state index in [0.717, 1.165) is 12.1 Å². The molecule has 0 aliphatic heterocycles. The molecule has 1 aromatic rings. The SMILES string of the molecule is CC(=NC#N)N(C)C(C)c1cc(F)c(Br)cc1F. The standard InChI is InChI=1S/C12H12BrF2N3/c1-7(18(3)8(2)17-6-16)9-4-12(15)10(13)5-11(9)14/h4-5,7H,1-3H3. The molecule has 0 fully saturated rings. The number of halogens is 3. The number of amidine groups is 1. The number of aliphatic imine (C=N–C) groups is 1. The van der Waals surface area contributed by atoms with Crippen LogP contribution in [0.3, 0.4) is 0 Å². The van der Waals surface area contributed by atoms with Crippen LogP contribution in [0, 0.1) is 23.1 Å². The average molecular weight is 316 g/mol. The summed E-state index contributed by atoms with van der Waals surface area (Å²) >= 11 is 2.92. The Bertz CT molecular complexity index is 523. The average Bonchev–Trinajstić information content (AvgIpc) is 2.32. The molecule has 0 heterocycles. The molecule has 0 aliphatic rings. The molecule has 1 unspecified atom stereocenters. The van der Waals surface area contributed by atoms with E-state index in [2.05, 4.69) is 20.9 Å². The van der Waals surface area contributed by atoms with Crippen molar-refractivity contribution in [1.29, 1.82) is 5.26 Å². The molecular formula is C12H12BrF2N3.